The molecule has 9 nitrogen and oxygen atoms in total. The number of carbonyl (C=O) groups excluding carboxylic acids is 2. The second-order valence-corrected chi connectivity index (χ2v) is 17.5. The summed E-state index contributed by atoms with van der Waals surface area (Å²) < 4.78 is 27.0. The number of hydrogen-bond acceptors (Lipinski definition) is 7. The number of aliphatic hydroxyl groups is 1. The molecule has 2 atom stereocenters. The van der Waals surface area contributed by atoms with Crippen LogP contribution in [-0.4, -0.2) is 54.3 Å². The van der Waals surface area contributed by atoms with E-state index in [2.05, 4.69) is 116 Å². The lowest BCUT2D eigenvalue weighted by atomic mass is 10.1. The Morgan fingerprint density at radius 1 is 0.508 bits per heavy atom. The zero-order valence-electron chi connectivity index (χ0n) is 39.7. The number of phosphoric acid groups is 1. The summed E-state index contributed by atoms with van der Waals surface area (Å²) in [5.41, 5.74) is 0. The van der Waals surface area contributed by atoms with Crippen molar-refractivity contribution in [1.29, 1.82) is 0 Å². The fourth-order valence-electron chi connectivity index (χ4n) is 6.30. The molecule has 0 fully saturated rings. The first-order valence-electron chi connectivity index (χ1n) is 24.7. The maximum Gasteiger partial charge on any atom is 0.472 e. The van der Waals surface area contributed by atoms with Gasteiger partial charge in [-0.05, 0) is 96.3 Å². The minimum Gasteiger partial charge on any atom is -0.463 e. The second kappa shape index (κ2) is 48.4. The summed E-state index contributed by atoms with van der Waals surface area (Å²) in [5, 5.41) is 12.7. The van der Waals surface area contributed by atoms with Gasteiger partial charge in [0.1, 0.15) is 12.7 Å². The summed E-state index contributed by atoms with van der Waals surface area (Å²) in [6.45, 7) is 3.38. The number of allylic oxidation sites excluding steroid dienone is 16. The van der Waals surface area contributed by atoms with E-state index in [1.54, 1.807) is 0 Å². The third-order valence-corrected chi connectivity index (χ3v) is 11.0. The third kappa shape index (κ3) is 49.8. The monoisotopic (exact) mass is 900 g/mol. The molecular weight excluding hydrogens is 810 g/mol. The lowest BCUT2D eigenvalue weighted by Crippen LogP contribution is -2.27. The topological polar surface area (TPSA) is 131 Å². The molecule has 0 aliphatic rings. The van der Waals surface area contributed by atoms with Gasteiger partial charge in [0.25, 0.3) is 0 Å². The Bertz CT molecular complexity index is 1350. The minimum absolute atomic E-state index is 0.0694. The molecule has 0 aromatic heterocycles. The van der Waals surface area contributed by atoms with Crippen molar-refractivity contribution in [3.8, 4) is 0 Å². The molecule has 0 aliphatic carbocycles. The summed E-state index contributed by atoms with van der Waals surface area (Å²) in [7, 11) is -4.44. The number of esters is 1. The fourth-order valence-corrected chi connectivity index (χ4v) is 7.05. The smallest absolute Gasteiger partial charge is 0.463 e. The van der Waals surface area contributed by atoms with Crippen molar-refractivity contribution in [2.24, 2.45) is 0 Å². The van der Waals surface area contributed by atoms with Crippen molar-refractivity contribution in [2.75, 3.05) is 26.4 Å². The quantitative estimate of drug-likeness (QED) is 0.0238. The first-order chi connectivity index (χ1) is 30.8. The highest BCUT2D eigenvalue weighted by molar-refractivity contribution is 7.47. The summed E-state index contributed by atoms with van der Waals surface area (Å²) in [6, 6.07) is 0. The first-order valence-corrected chi connectivity index (χ1v) is 26.2. The Kier molecular flexibility index (Phi) is 46.0. The number of amides is 1. The molecular formula is C53H90NO8P. The number of rotatable bonds is 45. The average Bonchev–Trinajstić information content (AvgIpc) is 3.27. The van der Waals surface area contributed by atoms with E-state index in [1.165, 1.54) is 57.8 Å². The van der Waals surface area contributed by atoms with Crippen LogP contribution >= 0.6 is 7.82 Å². The molecule has 360 valence electrons. The predicted octanol–water partition coefficient (Wildman–Crippen LogP) is 14.6. The van der Waals surface area contributed by atoms with Gasteiger partial charge in [0.15, 0.2) is 0 Å². The Balaban J connectivity index is 3.65. The summed E-state index contributed by atoms with van der Waals surface area (Å²) >= 11 is 0. The third-order valence-electron chi connectivity index (χ3n) is 10.00. The highest BCUT2D eigenvalue weighted by Crippen LogP contribution is 2.42. The van der Waals surface area contributed by atoms with Crippen molar-refractivity contribution in [1.82, 2.24) is 5.32 Å². The van der Waals surface area contributed by atoms with Crippen LogP contribution in [0.3, 0.4) is 0 Å². The lowest BCUT2D eigenvalue weighted by Gasteiger charge is -2.15. The normalized spacial score (nSPS) is 14.0. The van der Waals surface area contributed by atoms with E-state index >= 15 is 0 Å². The molecule has 0 heterocycles. The molecule has 0 saturated heterocycles. The van der Waals surface area contributed by atoms with Gasteiger partial charge in [-0.3, -0.25) is 18.6 Å². The van der Waals surface area contributed by atoms with Crippen molar-refractivity contribution in [3.05, 3.63) is 97.2 Å². The van der Waals surface area contributed by atoms with Crippen LogP contribution in [0, 0.1) is 0 Å². The number of phosphoric ester groups is 1. The minimum atomic E-state index is -4.44. The molecule has 0 radical (unpaired) electrons. The van der Waals surface area contributed by atoms with Crippen molar-refractivity contribution in [3.63, 3.8) is 0 Å². The van der Waals surface area contributed by atoms with Crippen LogP contribution in [0.4, 0.5) is 0 Å². The first kappa shape index (κ1) is 59.9. The van der Waals surface area contributed by atoms with Crippen LogP contribution in [0.25, 0.3) is 0 Å². The van der Waals surface area contributed by atoms with Gasteiger partial charge < -0.3 is 20.1 Å². The van der Waals surface area contributed by atoms with Crippen molar-refractivity contribution >= 4 is 19.7 Å². The van der Waals surface area contributed by atoms with Gasteiger partial charge in [-0.15, -0.1) is 0 Å². The maximum absolute atomic E-state index is 12.1. The molecule has 0 aromatic carbocycles. The highest BCUT2D eigenvalue weighted by atomic mass is 31.2. The molecule has 2 unspecified atom stereocenters. The molecule has 0 spiro atoms. The molecule has 0 aliphatic heterocycles. The van der Waals surface area contributed by atoms with Crippen LogP contribution in [0.5, 0.6) is 0 Å². The molecule has 0 rings (SSSR count). The molecule has 10 heteroatoms. The van der Waals surface area contributed by atoms with Crippen LogP contribution in [-0.2, 0) is 27.9 Å². The van der Waals surface area contributed by atoms with Crippen molar-refractivity contribution in [2.45, 2.75) is 200 Å². The fraction of sp³-hybridized carbons (Fsp3) is 0.660. The number of unbranched alkanes of at least 4 members (excludes halogenated alkanes) is 16. The van der Waals surface area contributed by atoms with Gasteiger partial charge in [0.2, 0.25) is 5.91 Å². The van der Waals surface area contributed by atoms with Gasteiger partial charge in [0, 0.05) is 19.4 Å². The van der Waals surface area contributed by atoms with E-state index in [9.17, 15) is 24.2 Å². The Hall–Kier alpha value is -3.07. The van der Waals surface area contributed by atoms with E-state index in [1.807, 2.05) is 0 Å². The number of hydrogen-bond donors (Lipinski definition) is 3. The largest absolute Gasteiger partial charge is 0.472 e. The Morgan fingerprint density at radius 3 is 1.37 bits per heavy atom. The Morgan fingerprint density at radius 2 is 0.905 bits per heavy atom. The molecule has 1 amide bonds. The predicted molar refractivity (Wildman–Crippen MR) is 265 cm³/mol. The van der Waals surface area contributed by atoms with Gasteiger partial charge >= 0.3 is 13.8 Å². The molecule has 0 saturated carbocycles. The Labute approximate surface area is 385 Å². The summed E-state index contributed by atoms with van der Waals surface area (Å²) in [4.78, 5) is 34.1. The van der Waals surface area contributed by atoms with Crippen molar-refractivity contribution < 1.29 is 37.9 Å². The van der Waals surface area contributed by atoms with Crippen LogP contribution in [0.1, 0.15) is 194 Å². The van der Waals surface area contributed by atoms with E-state index in [-0.39, 0.29) is 32.1 Å². The van der Waals surface area contributed by atoms with Gasteiger partial charge in [-0.2, -0.15) is 0 Å². The molecule has 0 aromatic rings. The number of ether oxygens (including phenoxy) is 1. The summed E-state index contributed by atoms with van der Waals surface area (Å²) in [6.07, 6.45) is 63.3. The van der Waals surface area contributed by atoms with E-state index in [0.717, 1.165) is 103 Å². The van der Waals surface area contributed by atoms with Gasteiger partial charge in [-0.25, -0.2) is 4.57 Å². The van der Waals surface area contributed by atoms with Gasteiger partial charge in [0.05, 0.1) is 13.2 Å². The van der Waals surface area contributed by atoms with E-state index < -0.39 is 26.5 Å². The molecule has 3 N–H and O–H groups in total. The number of aliphatic hydroxyl groups excluding tert-OH is 1. The second-order valence-electron chi connectivity index (χ2n) is 16.0. The van der Waals surface area contributed by atoms with Crippen LogP contribution < -0.4 is 5.32 Å². The van der Waals surface area contributed by atoms with Crippen LogP contribution in [0.15, 0.2) is 97.2 Å². The zero-order chi connectivity index (χ0) is 46.0. The highest BCUT2D eigenvalue weighted by Gasteiger charge is 2.23. The van der Waals surface area contributed by atoms with Crippen LogP contribution in [0.2, 0.25) is 0 Å². The average molecular weight is 900 g/mol. The lowest BCUT2D eigenvalue weighted by molar-refractivity contribution is -0.147. The maximum atomic E-state index is 12.1. The molecule has 63 heavy (non-hydrogen) atoms. The number of carbonyl (C=O) groups is 2. The van der Waals surface area contributed by atoms with E-state index in [4.69, 9.17) is 13.8 Å². The zero-order valence-corrected chi connectivity index (χ0v) is 40.6. The molecule has 0 bridgehead atoms. The number of nitrogens with one attached hydrogen (secondary N) is 1. The standard InChI is InChI=1S/C53H90NO8P/c1-3-5-7-9-11-13-15-17-19-21-23-25-27-29-31-33-35-37-39-41-43-45-52(56)54-47-48-61-63(58,59)62-50-51(55)49-60-53(57)46-44-42-40-38-36-34-32-30-28-26-24-22-20-18-16-14-12-10-8-6-4-2/h6,8,11-14,17-20,23-26,30,32,51,55H,3-5,7,9-10,15-16,21-22,27-29,31,33-50H2,1-2H3,(H,54,56)(H,58,59)/b8-6-,13-11-,14-12-,19-17-,20-18-,25-23-,26-24-,32-30-. The SMILES string of the molecule is CC/C=C\C/C=C\C/C=C\C/C=C\C/C=C\CCCCCCCC(=O)OCC(O)COP(=O)(O)OCCNC(=O)CCCCCCCCCC/C=C\C/C=C\C/C=C\CCCCC. The summed E-state index contributed by atoms with van der Waals surface area (Å²) in [5.74, 6) is -0.548. The van der Waals surface area contributed by atoms with Gasteiger partial charge in [-0.1, -0.05) is 182 Å². The van der Waals surface area contributed by atoms with E-state index in [0.29, 0.717) is 12.8 Å².